The van der Waals surface area contributed by atoms with Gasteiger partial charge in [-0.05, 0) is 23.8 Å². The molecule has 0 N–H and O–H groups in total. The lowest BCUT2D eigenvalue weighted by molar-refractivity contribution is 0.175. The van der Waals surface area contributed by atoms with Gasteiger partial charge in [-0.1, -0.05) is 42.5 Å². The van der Waals surface area contributed by atoms with E-state index in [0.717, 1.165) is 28.2 Å². The lowest BCUT2D eigenvalue weighted by Gasteiger charge is -2.04. The third-order valence-electron chi connectivity index (χ3n) is 3.26. The van der Waals surface area contributed by atoms with Crippen molar-refractivity contribution in [3.8, 4) is 5.75 Å². The normalized spacial score (nSPS) is 11.1. The Morgan fingerprint density at radius 1 is 0.952 bits per heavy atom. The summed E-state index contributed by atoms with van der Waals surface area (Å²) in [6.07, 6.45) is 3.93. The topological polar surface area (TPSA) is 36.3 Å². The number of hydrogen-bond donors (Lipinski definition) is 0. The van der Waals surface area contributed by atoms with Crippen molar-refractivity contribution in [1.29, 1.82) is 0 Å². The maximum absolute atomic E-state index is 5.43. The van der Waals surface area contributed by atoms with E-state index in [1.165, 1.54) is 0 Å². The summed E-state index contributed by atoms with van der Waals surface area (Å²) in [7, 11) is 3.26. The summed E-state index contributed by atoms with van der Waals surface area (Å²) in [5.41, 5.74) is 2.78. The molecule has 0 atom stereocenters. The molecule has 0 aliphatic carbocycles. The van der Waals surface area contributed by atoms with Gasteiger partial charge in [-0.2, -0.15) is 4.73 Å². The molecule has 2 aromatic carbocycles. The van der Waals surface area contributed by atoms with Crippen LogP contribution in [0.3, 0.4) is 0 Å². The Morgan fingerprint density at radius 3 is 2.48 bits per heavy atom. The van der Waals surface area contributed by atoms with Crippen LogP contribution in [-0.2, 0) is 0 Å². The molecule has 0 saturated carbocycles. The van der Waals surface area contributed by atoms with Gasteiger partial charge < -0.3 is 9.57 Å². The van der Waals surface area contributed by atoms with Crippen LogP contribution >= 0.6 is 0 Å². The monoisotopic (exact) mass is 280 g/mol. The molecule has 0 amide bonds. The summed E-state index contributed by atoms with van der Waals surface area (Å²) >= 11 is 0. The van der Waals surface area contributed by atoms with Crippen molar-refractivity contribution in [2.75, 3.05) is 14.2 Å². The molecule has 106 valence electrons. The Balaban J connectivity index is 2.08. The standard InChI is InChI=1S/C17H16N2O2/c1-20-15-10-6-9-14-17(15)18-16(19(14)21-2)12-11-13-7-4-3-5-8-13/h3-12H,1-2H3. The summed E-state index contributed by atoms with van der Waals surface area (Å²) in [4.78, 5) is 10.0. The first kappa shape index (κ1) is 13.2. The van der Waals surface area contributed by atoms with Crippen LogP contribution in [0.2, 0.25) is 0 Å². The van der Waals surface area contributed by atoms with Crippen molar-refractivity contribution in [2.45, 2.75) is 0 Å². The second kappa shape index (κ2) is 5.71. The third kappa shape index (κ3) is 2.48. The SMILES string of the molecule is COc1cccc2c1nc(C=Cc1ccccc1)n2OC. The number of rotatable bonds is 4. The fraction of sp³-hybridized carbons (Fsp3) is 0.118. The van der Waals surface area contributed by atoms with Gasteiger partial charge in [0.2, 0.25) is 0 Å². The van der Waals surface area contributed by atoms with Crippen molar-refractivity contribution >= 4 is 23.2 Å². The zero-order valence-corrected chi connectivity index (χ0v) is 12.0. The van der Waals surface area contributed by atoms with Gasteiger partial charge in [0.25, 0.3) is 0 Å². The van der Waals surface area contributed by atoms with Crippen molar-refractivity contribution in [2.24, 2.45) is 0 Å². The molecule has 3 aromatic rings. The van der Waals surface area contributed by atoms with Crippen LogP contribution in [0.5, 0.6) is 5.75 Å². The molecule has 0 radical (unpaired) electrons. The second-order valence-electron chi connectivity index (χ2n) is 4.52. The van der Waals surface area contributed by atoms with Gasteiger partial charge in [-0.15, -0.1) is 0 Å². The molecule has 4 nitrogen and oxygen atoms in total. The van der Waals surface area contributed by atoms with Gasteiger partial charge in [0.1, 0.15) is 23.9 Å². The highest BCUT2D eigenvalue weighted by atomic mass is 16.6. The number of benzene rings is 2. The number of imidazole rings is 1. The third-order valence-corrected chi connectivity index (χ3v) is 3.26. The molecule has 4 heteroatoms. The summed E-state index contributed by atoms with van der Waals surface area (Å²) in [6.45, 7) is 0. The second-order valence-corrected chi connectivity index (χ2v) is 4.52. The minimum absolute atomic E-state index is 0.723. The summed E-state index contributed by atoms with van der Waals surface area (Å²) in [5, 5.41) is 0. The Hall–Kier alpha value is -2.75. The highest BCUT2D eigenvalue weighted by Gasteiger charge is 2.12. The van der Waals surface area contributed by atoms with Crippen molar-refractivity contribution in [1.82, 2.24) is 9.71 Å². The molecule has 0 aliphatic rings. The summed E-state index contributed by atoms with van der Waals surface area (Å²) < 4.78 is 7.04. The quantitative estimate of drug-likeness (QED) is 0.736. The fourth-order valence-corrected chi connectivity index (χ4v) is 2.27. The fourth-order valence-electron chi connectivity index (χ4n) is 2.27. The number of fused-ring (bicyclic) bond motifs is 1. The van der Waals surface area contributed by atoms with E-state index >= 15 is 0 Å². The lowest BCUT2D eigenvalue weighted by atomic mass is 10.2. The Kier molecular flexibility index (Phi) is 3.60. The van der Waals surface area contributed by atoms with Crippen LogP contribution < -0.4 is 9.57 Å². The molecule has 0 spiro atoms. The predicted molar refractivity (Wildman–Crippen MR) is 84.2 cm³/mol. The lowest BCUT2D eigenvalue weighted by Crippen LogP contribution is -2.07. The van der Waals surface area contributed by atoms with E-state index in [1.54, 1.807) is 19.0 Å². The van der Waals surface area contributed by atoms with Gasteiger partial charge >= 0.3 is 0 Å². The minimum Gasteiger partial charge on any atom is -0.494 e. The van der Waals surface area contributed by atoms with Crippen LogP contribution in [0.1, 0.15) is 11.4 Å². The van der Waals surface area contributed by atoms with Crippen molar-refractivity contribution < 1.29 is 9.57 Å². The Labute approximate surface area is 123 Å². The van der Waals surface area contributed by atoms with Gasteiger partial charge in [-0.25, -0.2) is 4.98 Å². The largest absolute Gasteiger partial charge is 0.494 e. The summed E-state index contributed by atoms with van der Waals surface area (Å²) in [5.74, 6) is 1.46. The highest BCUT2D eigenvalue weighted by Crippen LogP contribution is 2.25. The average Bonchev–Trinajstić information content (AvgIpc) is 2.91. The predicted octanol–water partition coefficient (Wildman–Crippen LogP) is 3.27. The number of para-hydroxylation sites is 1. The van der Waals surface area contributed by atoms with Crippen LogP contribution in [0.15, 0.2) is 48.5 Å². The number of ether oxygens (including phenoxy) is 1. The van der Waals surface area contributed by atoms with Gasteiger partial charge in [0.05, 0.1) is 7.11 Å². The van der Waals surface area contributed by atoms with E-state index in [9.17, 15) is 0 Å². The van der Waals surface area contributed by atoms with Gasteiger partial charge in [0.15, 0.2) is 5.82 Å². The number of hydrogen-bond acceptors (Lipinski definition) is 3. The maximum Gasteiger partial charge on any atom is 0.169 e. The maximum atomic E-state index is 5.43. The molecule has 0 aliphatic heterocycles. The van der Waals surface area contributed by atoms with Gasteiger partial charge in [-0.3, -0.25) is 0 Å². The number of nitrogens with zero attached hydrogens (tertiary/aromatic N) is 2. The van der Waals surface area contributed by atoms with Crippen LogP contribution in [-0.4, -0.2) is 23.9 Å². The van der Waals surface area contributed by atoms with E-state index in [-0.39, 0.29) is 0 Å². The number of aromatic nitrogens is 2. The van der Waals surface area contributed by atoms with E-state index in [2.05, 4.69) is 4.98 Å². The first-order valence-corrected chi connectivity index (χ1v) is 6.66. The molecule has 1 heterocycles. The molecule has 0 unspecified atom stereocenters. The van der Waals surface area contributed by atoms with Gasteiger partial charge in [0, 0.05) is 0 Å². The van der Waals surface area contributed by atoms with Crippen molar-refractivity contribution in [3.63, 3.8) is 0 Å². The molecular formula is C17H16N2O2. The molecule has 0 bridgehead atoms. The minimum atomic E-state index is 0.723. The Morgan fingerprint density at radius 2 is 1.76 bits per heavy atom. The van der Waals surface area contributed by atoms with E-state index in [0.29, 0.717) is 0 Å². The zero-order valence-electron chi connectivity index (χ0n) is 12.0. The average molecular weight is 280 g/mol. The first-order chi connectivity index (χ1) is 10.3. The van der Waals surface area contributed by atoms with E-state index in [1.807, 2.05) is 60.7 Å². The molecule has 1 aromatic heterocycles. The first-order valence-electron chi connectivity index (χ1n) is 6.66. The molecular weight excluding hydrogens is 264 g/mol. The number of methoxy groups -OCH3 is 1. The van der Waals surface area contributed by atoms with Crippen molar-refractivity contribution in [3.05, 3.63) is 59.9 Å². The van der Waals surface area contributed by atoms with E-state index < -0.39 is 0 Å². The van der Waals surface area contributed by atoms with Crippen LogP contribution in [0.4, 0.5) is 0 Å². The Bertz CT molecular complexity index is 776. The summed E-state index contributed by atoms with van der Waals surface area (Å²) in [6, 6.07) is 15.8. The highest BCUT2D eigenvalue weighted by molar-refractivity contribution is 5.84. The molecule has 0 fully saturated rings. The molecule has 0 saturated heterocycles. The van der Waals surface area contributed by atoms with E-state index in [4.69, 9.17) is 9.57 Å². The zero-order chi connectivity index (χ0) is 14.7. The molecule has 3 rings (SSSR count). The van der Waals surface area contributed by atoms with Crippen LogP contribution in [0, 0.1) is 0 Å². The van der Waals surface area contributed by atoms with Crippen LogP contribution in [0.25, 0.3) is 23.2 Å². The molecule has 21 heavy (non-hydrogen) atoms. The smallest absolute Gasteiger partial charge is 0.169 e.